The van der Waals surface area contributed by atoms with Gasteiger partial charge in [-0.25, -0.2) is 0 Å². The quantitative estimate of drug-likeness (QED) is 0.817. The Morgan fingerprint density at radius 2 is 1.37 bits per heavy atom. The van der Waals surface area contributed by atoms with Crippen LogP contribution in [0.5, 0.6) is 0 Å². The highest BCUT2D eigenvalue weighted by Gasteiger charge is 2.18. The SMILES string of the molecule is CC(C#N)C(C#N)c1ccc(-c2ccccc2)cc1. The topological polar surface area (TPSA) is 47.6 Å². The Morgan fingerprint density at radius 3 is 1.89 bits per heavy atom. The van der Waals surface area contributed by atoms with E-state index >= 15 is 0 Å². The molecule has 0 radical (unpaired) electrons. The van der Waals surface area contributed by atoms with Crippen LogP contribution in [0.2, 0.25) is 0 Å². The van der Waals surface area contributed by atoms with Gasteiger partial charge < -0.3 is 0 Å². The molecule has 0 saturated carbocycles. The highest BCUT2D eigenvalue weighted by molar-refractivity contribution is 5.63. The standard InChI is InChI=1S/C17H14N2/c1-13(11-18)17(12-19)16-9-7-15(8-10-16)14-5-3-2-4-6-14/h2-10,13,17H,1H3. The van der Waals surface area contributed by atoms with Crippen LogP contribution in [-0.4, -0.2) is 0 Å². The molecule has 0 fully saturated rings. The van der Waals surface area contributed by atoms with E-state index in [0.29, 0.717) is 0 Å². The molecule has 2 aromatic carbocycles. The molecule has 2 unspecified atom stereocenters. The van der Waals surface area contributed by atoms with Crippen LogP contribution >= 0.6 is 0 Å². The molecule has 2 rings (SSSR count). The van der Waals surface area contributed by atoms with Gasteiger partial charge >= 0.3 is 0 Å². The molecule has 2 nitrogen and oxygen atoms in total. The lowest BCUT2D eigenvalue weighted by molar-refractivity contribution is 0.666. The van der Waals surface area contributed by atoms with E-state index < -0.39 is 0 Å². The lowest BCUT2D eigenvalue weighted by Crippen LogP contribution is -2.05. The molecule has 2 atom stereocenters. The van der Waals surface area contributed by atoms with Gasteiger partial charge in [-0.15, -0.1) is 0 Å². The molecule has 92 valence electrons. The van der Waals surface area contributed by atoms with Crippen LogP contribution in [0, 0.1) is 28.6 Å². The maximum absolute atomic E-state index is 9.17. The minimum Gasteiger partial charge on any atom is -0.198 e. The molecule has 2 aromatic rings. The van der Waals surface area contributed by atoms with Crippen molar-refractivity contribution in [3.8, 4) is 23.3 Å². The number of hydrogen-bond donors (Lipinski definition) is 0. The predicted octanol–water partition coefficient (Wildman–Crippen LogP) is 4.12. The van der Waals surface area contributed by atoms with Crippen molar-refractivity contribution in [1.82, 2.24) is 0 Å². The van der Waals surface area contributed by atoms with Crippen molar-refractivity contribution < 1.29 is 0 Å². The normalized spacial score (nSPS) is 13.0. The fraction of sp³-hybridized carbons (Fsp3) is 0.176. The first-order valence-electron chi connectivity index (χ1n) is 6.21. The average Bonchev–Trinajstić information content (AvgIpc) is 2.49. The summed E-state index contributed by atoms with van der Waals surface area (Å²) >= 11 is 0. The number of hydrogen-bond acceptors (Lipinski definition) is 2. The maximum atomic E-state index is 9.17. The van der Waals surface area contributed by atoms with Gasteiger partial charge in [0.05, 0.1) is 24.0 Å². The molecule has 0 heterocycles. The highest BCUT2D eigenvalue weighted by Crippen LogP contribution is 2.26. The van der Waals surface area contributed by atoms with Gasteiger partial charge in [-0.1, -0.05) is 54.6 Å². The van der Waals surface area contributed by atoms with Crippen molar-refractivity contribution in [3.05, 3.63) is 60.2 Å². The second-order valence-corrected chi connectivity index (χ2v) is 4.51. The second-order valence-electron chi connectivity index (χ2n) is 4.51. The van der Waals surface area contributed by atoms with Crippen molar-refractivity contribution in [2.24, 2.45) is 5.92 Å². The fourth-order valence-corrected chi connectivity index (χ4v) is 2.06. The highest BCUT2D eigenvalue weighted by atomic mass is 14.3. The average molecular weight is 246 g/mol. The van der Waals surface area contributed by atoms with Crippen LogP contribution in [0.1, 0.15) is 18.4 Å². The van der Waals surface area contributed by atoms with Crippen molar-refractivity contribution >= 4 is 0 Å². The van der Waals surface area contributed by atoms with E-state index in [2.05, 4.69) is 24.3 Å². The smallest absolute Gasteiger partial charge is 0.0868 e. The Morgan fingerprint density at radius 1 is 0.789 bits per heavy atom. The van der Waals surface area contributed by atoms with Crippen LogP contribution in [-0.2, 0) is 0 Å². The van der Waals surface area contributed by atoms with Gasteiger partial charge in [0.15, 0.2) is 0 Å². The van der Waals surface area contributed by atoms with E-state index in [1.54, 1.807) is 6.92 Å². The Bertz CT molecular complexity index is 615. The molecule has 0 bridgehead atoms. The molecule has 0 aliphatic carbocycles. The molecule has 0 aliphatic rings. The van der Waals surface area contributed by atoms with Crippen molar-refractivity contribution in [2.75, 3.05) is 0 Å². The summed E-state index contributed by atoms with van der Waals surface area (Å²) in [5.41, 5.74) is 3.16. The van der Waals surface area contributed by atoms with Gasteiger partial charge in [-0.3, -0.25) is 0 Å². The van der Waals surface area contributed by atoms with E-state index in [1.807, 2.05) is 42.5 Å². The van der Waals surface area contributed by atoms with Gasteiger partial charge in [0.1, 0.15) is 0 Å². The minimum atomic E-state index is -0.366. The molecule has 19 heavy (non-hydrogen) atoms. The Kier molecular flexibility index (Phi) is 3.96. The first-order valence-corrected chi connectivity index (χ1v) is 6.21. The summed E-state index contributed by atoms with van der Waals surface area (Å²) in [4.78, 5) is 0. The number of nitriles is 2. The van der Waals surface area contributed by atoms with Crippen LogP contribution < -0.4 is 0 Å². The molecule has 2 heteroatoms. The first kappa shape index (κ1) is 12.9. The molecular formula is C17H14N2. The molecule has 0 aromatic heterocycles. The van der Waals surface area contributed by atoms with Gasteiger partial charge in [0, 0.05) is 0 Å². The summed E-state index contributed by atoms with van der Waals surface area (Å²) in [6.07, 6.45) is 0. The van der Waals surface area contributed by atoms with Crippen molar-refractivity contribution in [3.63, 3.8) is 0 Å². The summed E-state index contributed by atoms with van der Waals surface area (Å²) in [6.45, 7) is 1.78. The second kappa shape index (κ2) is 5.85. The summed E-state index contributed by atoms with van der Waals surface area (Å²) in [7, 11) is 0. The van der Waals surface area contributed by atoms with Gasteiger partial charge in [0.25, 0.3) is 0 Å². The van der Waals surface area contributed by atoms with E-state index in [4.69, 9.17) is 10.5 Å². The lowest BCUT2D eigenvalue weighted by Gasteiger charge is -2.11. The zero-order valence-electron chi connectivity index (χ0n) is 10.7. The predicted molar refractivity (Wildman–Crippen MR) is 75.0 cm³/mol. The molecule has 0 N–H and O–H groups in total. The minimum absolute atomic E-state index is 0.299. The fourth-order valence-electron chi connectivity index (χ4n) is 2.06. The maximum Gasteiger partial charge on any atom is 0.0868 e. The van der Waals surface area contributed by atoms with E-state index in [9.17, 15) is 0 Å². The zero-order valence-corrected chi connectivity index (χ0v) is 10.7. The third-order valence-electron chi connectivity index (χ3n) is 3.22. The Hall–Kier alpha value is -2.58. The van der Waals surface area contributed by atoms with Gasteiger partial charge in [-0.05, 0) is 23.6 Å². The van der Waals surface area contributed by atoms with Crippen LogP contribution in [0.4, 0.5) is 0 Å². The number of rotatable bonds is 3. The Labute approximate surface area is 113 Å². The van der Waals surface area contributed by atoms with Crippen LogP contribution in [0.25, 0.3) is 11.1 Å². The third-order valence-corrected chi connectivity index (χ3v) is 3.22. The summed E-state index contributed by atoms with van der Waals surface area (Å²) in [6, 6.07) is 22.3. The molecule has 0 amide bonds. The third kappa shape index (κ3) is 2.81. The van der Waals surface area contributed by atoms with E-state index in [-0.39, 0.29) is 11.8 Å². The van der Waals surface area contributed by atoms with Crippen LogP contribution in [0.3, 0.4) is 0 Å². The first-order chi connectivity index (χ1) is 9.26. The number of nitrogens with zero attached hydrogens (tertiary/aromatic N) is 2. The van der Waals surface area contributed by atoms with Crippen molar-refractivity contribution in [2.45, 2.75) is 12.8 Å². The lowest BCUT2D eigenvalue weighted by atomic mass is 9.88. The van der Waals surface area contributed by atoms with E-state index in [1.165, 1.54) is 0 Å². The Balaban J connectivity index is 2.29. The molecule has 0 spiro atoms. The number of benzene rings is 2. The summed E-state index contributed by atoms with van der Waals surface area (Å²) in [5, 5.41) is 18.1. The summed E-state index contributed by atoms with van der Waals surface area (Å²) < 4.78 is 0. The molecular weight excluding hydrogens is 232 g/mol. The van der Waals surface area contributed by atoms with Crippen molar-refractivity contribution in [1.29, 1.82) is 10.5 Å². The van der Waals surface area contributed by atoms with Gasteiger partial charge in [-0.2, -0.15) is 10.5 Å². The van der Waals surface area contributed by atoms with E-state index in [0.717, 1.165) is 16.7 Å². The zero-order chi connectivity index (χ0) is 13.7. The summed E-state index contributed by atoms with van der Waals surface area (Å²) in [5.74, 6) is -0.664. The molecule has 0 aliphatic heterocycles. The molecule has 0 saturated heterocycles. The monoisotopic (exact) mass is 246 g/mol. The largest absolute Gasteiger partial charge is 0.198 e. The van der Waals surface area contributed by atoms with Gasteiger partial charge in [0.2, 0.25) is 0 Å². The van der Waals surface area contributed by atoms with Crippen LogP contribution in [0.15, 0.2) is 54.6 Å².